The SMILES string of the molecule is CCN(CC)C(=O)CN1CCCC(O)(COc2cc(C)ccc2Cl)CC1. The molecule has 1 amide bonds. The number of halogens is 1. The fraction of sp³-hybridized carbons (Fsp3) is 0.650. The van der Waals surface area contributed by atoms with E-state index in [9.17, 15) is 9.90 Å². The van der Waals surface area contributed by atoms with E-state index in [0.717, 1.165) is 31.6 Å². The molecule has 1 unspecified atom stereocenters. The number of hydrogen-bond donors (Lipinski definition) is 1. The van der Waals surface area contributed by atoms with Crippen molar-refractivity contribution in [2.45, 2.75) is 45.6 Å². The van der Waals surface area contributed by atoms with Crippen LogP contribution in [0.1, 0.15) is 38.7 Å². The molecule has 1 aromatic carbocycles. The summed E-state index contributed by atoms with van der Waals surface area (Å²) in [6.45, 7) is 9.59. The molecule has 0 aliphatic carbocycles. The van der Waals surface area contributed by atoms with Crippen molar-refractivity contribution in [2.24, 2.45) is 0 Å². The van der Waals surface area contributed by atoms with Crippen molar-refractivity contribution < 1.29 is 14.6 Å². The molecule has 6 heteroatoms. The Morgan fingerprint density at radius 3 is 2.73 bits per heavy atom. The van der Waals surface area contributed by atoms with E-state index in [1.807, 2.05) is 43.9 Å². The van der Waals surface area contributed by atoms with Crippen LogP contribution in [-0.4, -0.2) is 65.7 Å². The van der Waals surface area contributed by atoms with Crippen LogP contribution in [0.3, 0.4) is 0 Å². The van der Waals surface area contributed by atoms with Gasteiger partial charge >= 0.3 is 0 Å². The topological polar surface area (TPSA) is 53.0 Å². The van der Waals surface area contributed by atoms with Gasteiger partial charge in [-0.15, -0.1) is 0 Å². The van der Waals surface area contributed by atoms with Crippen molar-refractivity contribution in [3.05, 3.63) is 28.8 Å². The van der Waals surface area contributed by atoms with Crippen LogP contribution < -0.4 is 4.74 Å². The maximum atomic E-state index is 12.3. The second-order valence-corrected chi connectivity index (χ2v) is 7.55. The van der Waals surface area contributed by atoms with Crippen molar-refractivity contribution in [3.8, 4) is 5.75 Å². The van der Waals surface area contributed by atoms with Crippen LogP contribution in [0.4, 0.5) is 0 Å². The molecule has 1 aromatic rings. The zero-order chi connectivity index (χ0) is 19.2. The minimum atomic E-state index is -0.889. The Balaban J connectivity index is 1.90. The molecular weight excluding hydrogens is 352 g/mol. The van der Waals surface area contributed by atoms with Gasteiger partial charge in [-0.05, 0) is 64.3 Å². The molecule has 0 radical (unpaired) electrons. The second-order valence-electron chi connectivity index (χ2n) is 7.14. The lowest BCUT2D eigenvalue weighted by Crippen LogP contribution is -2.41. The highest BCUT2D eigenvalue weighted by molar-refractivity contribution is 6.32. The first-order chi connectivity index (χ1) is 12.4. The first kappa shape index (κ1) is 21.0. The molecule has 1 heterocycles. The van der Waals surface area contributed by atoms with Gasteiger partial charge in [0.1, 0.15) is 12.4 Å². The molecule has 0 saturated carbocycles. The number of likely N-dealkylation sites (N-methyl/N-ethyl adjacent to an activating group) is 1. The maximum absolute atomic E-state index is 12.3. The number of nitrogens with zero attached hydrogens (tertiary/aromatic N) is 2. The lowest BCUT2D eigenvalue weighted by atomic mass is 9.96. The van der Waals surface area contributed by atoms with Crippen LogP contribution in [0.2, 0.25) is 5.02 Å². The van der Waals surface area contributed by atoms with Crippen LogP contribution in [0, 0.1) is 6.92 Å². The fourth-order valence-electron chi connectivity index (χ4n) is 3.34. The maximum Gasteiger partial charge on any atom is 0.236 e. The van der Waals surface area contributed by atoms with Crippen LogP contribution >= 0.6 is 11.6 Å². The molecule has 1 aliphatic rings. The molecular formula is C20H31ClN2O3. The standard InChI is InChI=1S/C20H31ClN2O3/c1-4-23(5-2)19(24)14-22-11-6-9-20(25,10-12-22)15-26-18-13-16(3)7-8-17(18)21/h7-8,13,25H,4-6,9-12,14-15H2,1-3H3. The second kappa shape index (κ2) is 9.58. The molecule has 0 bridgehead atoms. The number of benzene rings is 1. The highest BCUT2D eigenvalue weighted by atomic mass is 35.5. The highest BCUT2D eigenvalue weighted by Gasteiger charge is 2.32. The van der Waals surface area contributed by atoms with E-state index in [2.05, 4.69) is 4.90 Å². The van der Waals surface area contributed by atoms with Crippen LogP contribution in [0.15, 0.2) is 18.2 Å². The van der Waals surface area contributed by atoms with Gasteiger partial charge in [0.05, 0.1) is 17.2 Å². The fourth-order valence-corrected chi connectivity index (χ4v) is 3.51. The van der Waals surface area contributed by atoms with E-state index < -0.39 is 5.60 Å². The van der Waals surface area contributed by atoms with E-state index in [-0.39, 0.29) is 12.5 Å². The smallest absolute Gasteiger partial charge is 0.236 e. The Morgan fingerprint density at radius 1 is 1.31 bits per heavy atom. The number of aliphatic hydroxyl groups is 1. The zero-order valence-corrected chi connectivity index (χ0v) is 16.9. The molecule has 1 N–H and O–H groups in total. The molecule has 0 aromatic heterocycles. The van der Waals surface area contributed by atoms with Crippen LogP contribution in [0.25, 0.3) is 0 Å². The number of ether oxygens (including phenoxy) is 1. The average molecular weight is 383 g/mol. The first-order valence-corrected chi connectivity index (χ1v) is 9.86. The molecule has 146 valence electrons. The van der Waals surface area contributed by atoms with E-state index in [4.69, 9.17) is 16.3 Å². The Hall–Kier alpha value is -1.30. The monoisotopic (exact) mass is 382 g/mol. The minimum Gasteiger partial charge on any atom is -0.489 e. The quantitative estimate of drug-likeness (QED) is 0.787. The minimum absolute atomic E-state index is 0.156. The predicted octanol–water partition coefficient (Wildman–Crippen LogP) is 3.11. The normalized spacial score (nSPS) is 21.3. The van der Waals surface area contributed by atoms with E-state index >= 15 is 0 Å². The third kappa shape index (κ3) is 5.86. The number of carbonyl (C=O) groups excluding carboxylic acids is 1. The predicted molar refractivity (Wildman–Crippen MR) is 105 cm³/mol. The Morgan fingerprint density at radius 2 is 2.04 bits per heavy atom. The lowest BCUT2D eigenvalue weighted by molar-refractivity contribution is -0.132. The van der Waals surface area contributed by atoms with Gasteiger partial charge in [0.15, 0.2) is 0 Å². The number of carbonyl (C=O) groups is 1. The summed E-state index contributed by atoms with van der Waals surface area (Å²) < 4.78 is 5.83. The molecule has 1 saturated heterocycles. The summed E-state index contributed by atoms with van der Waals surface area (Å²) in [7, 11) is 0. The number of rotatable bonds is 7. The van der Waals surface area contributed by atoms with Crippen molar-refractivity contribution in [3.63, 3.8) is 0 Å². The number of aryl methyl sites for hydroxylation is 1. The number of hydrogen-bond acceptors (Lipinski definition) is 4. The molecule has 1 fully saturated rings. The summed E-state index contributed by atoms with van der Waals surface area (Å²) in [5.41, 5.74) is 0.179. The molecule has 0 spiro atoms. The van der Waals surface area contributed by atoms with Crippen molar-refractivity contribution in [1.82, 2.24) is 9.80 Å². The van der Waals surface area contributed by atoms with Gasteiger partial charge in [-0.2, -0.15) is 0 Å². The molecule has 1 atom stereocenters. The lowest BCUT2D eigenvalue weighted by Gasteiger charge is -2.28. The third-order valence-electron chi connectivity index (χ3n) is 5.07. The van der Waals surface area contributed by atoms with Crippen molar-refractivity contribution in [1.29, 1.82) is 0 Å². The van der Waals surface area contributed by atoms with Gasteiger partial charge in [0.25, 0.3) is 0 Å². The highest BCUT2D eigenvalue weighted by Crippen LogP contribution is 2.28. The Labute approximate surface area is 161 Å². The van der Waals surface area contributed by atoms with Gasteiger partial charge in [-0.3, -0.25) is 9.69 Å². The van der Waals surface area contributed by atoms with Gasteiger partial charge < -0.3 is 14.7 Å². The van der Waals surface area contributed by atoms with Crippen LogP contribution in [-0.2, 0) is 4.79 Å². The first-order valence-electron chi connectivity index (χ1n) is 9.48. The van der Waals surface area contributed by atoms with E-state index in [1.165, 1.54) is 0 Å². The molecule has 1 aliphatic heterocycles. The average Bonchev–Trinajstić information content (AvgIpc) is 2.79. The zero-order valence-electron chi connectivity index (χ0n) is 16.1. The van der Waals surface area contributed by atoms with Gasteiger partial charge in [0.2, 0.25) is 5.91 Å². The van der Waals surface area contributed by atoms with Crippen molar-refractivity contribution in [2.75, 3.05) is 39.3 Å². The third-order valence-corrected chi connectivity index (χ3v) is 5.38. The Bertz CT molecular complexity index is 607. The number of amides is 1. The number of likely N-dealkylation sites (tertiary alicyclic amines) is 1. The molecule has 5 nitrogen and oxygen atoms in total. The molecule has 26 heavy (non-hydrogen) atoms. The van der Waals surface area contributed by atoms with E-state index in [0.29, 0.717) is 36.7 Å². The summed E-state index contributed by atoms with van der Waals surface area (Å²) in [5, 5.41) is 11.5. The summed E-state index contributed by atoms with van der Waals surface area (Å²) in [6, 6.07) is 5.63. The van der Waals surface area contributed by atoms with Gasteiger partial charge in [-0.25, -0.2) is 0 Å². The summed E-state index contributed by atoms with van der Waals surface area (Å²) in [5.74, 6) is 0.765. The summed E-state index contributed by atoms with van der Waals surface area (Å²) in [4.78, 5) is 16.3. The summed E-state index contributed by atoms with van der Waals surface area (Å²) >= 11 is 6.17. The molecule has 2 rings (SSSR count). The summed E-state index contributed by atoms with van der Waals surface area (Å²) in [6.07, 6.45) is 2.08. The largest absolute Gasteiger partial charge is 0.489 e. The van der Waals surface area contributed by atoms with Gasteiger partial charge in [0, 0.05) is 19.6 Å². The van der Waals surface area contributed by atoms with E-state index in [1.54, 1.807) is 0 Å². The van der Waals surface area contributed by atoms with Gasteiger partial charge in [-0.1, -0.05) is 17.7 Å². The van der Waals surface area contributed by atoms with Crippen LogP contribution in [0.5, 0.6) is 5.75 Å². The Kier molecular flexibility index (Phi) is 7.74. The van der Waals surface area contributed by atoms with Crippen molar-refractivity contribution >= 4 is 17.5 Å².